The third-order valence-electron chi connectivity index (χ3n) is 4.01. The fourth-order valence-corrected chi connectivity index (χ4v) is 3.00. The molecule has 0 spiro atoms. The topological polar surface area (TPSA) is 74.9 Å². The number of pyridine rings is 1. The number of imidazole rings is 1. The van der Waals surface area contributed by atoms with E-state index in [2.05, 4.69) is 4.98 Å². The monoisotopic (exact) mass is 375 g/mol. The molecule has 0 saturated heterocycles. The average molecular weight is 376 g/mol. The van der Waals surface area contributed by atoms with Crippen molar-refractivity contribution in [2.45, 2.75) is 13.5 Å². The number of carboxylic acid groups (broad SMARTS) is 1. The number of hydrogen-bond acceptors (Lipinski definition) is 3. The minimum atomic E-state index is -1.12. The number of carboxylic acids is 1. The van der Waals surface area contributed by atoms with Gasteiger partial charge >= 0.3 is 5.97 Å². The van der Waals surface area contributed by atoms with Crippen LogP contribution in [0.25, 0.3) is 5.65 Å². The Labute approximate surface area is 153 Å². The van der Waals surface area contributed by atoms with Gasteiger partial charge in [-0.05, 0) is 36.8 Å². The van der Waals surface area contributed by atoms with E-state index in [1.165, 1.54) is 21.4 Å². The number of carbonyl (C=O) groups is 2. The van der Waals surface area contributed by atoms with Crippen molar-refractivity contribution in [1.29, 1.82) is 0 Å². The first-order valence-corrected chi connectivity index (χ1v) is 8.07. The number of aromatic carboxylic acids is 1. The molecule has 8 heteroatoms. The molecule has 134 valence electrons. The maximum atomic E-state index is 13.3. The molecule has 0 aliphatic rings. The average Bonchev–Trinajstić information content (AvgIpc) is 2.93. The van der Waals surface area contributed by atoms with Gasteiger partial charge in [0.1, 0.15) is 5.82 Å². The molecule has 0 aliphatic carbocycles. The van der Waals surface area contributed by atoms with Crippen LogP contribution in [0.2, 0.25) is 5.02 Å². The van der Waals surface area contributed by atoms with Crippen molar-refractivity contribution in [3.05, 3.63) is 69.9 Å². The highest BCUT2D eigenvalue weighted by Gasteiger charge is 2.22. The number of carbonyl (C=O) groups excluding carboxylic acids is 1. The number of hydrogen-bond donors (Lipinski definition) is 1. The molecule has 3 rings (SSSR count). The second kappa shape index (κ2) is 6.76. The van der Waals surface area contributed by atoms with Gasteiger partial charge in [-0.1, -0.05) is 17.7 Å². The van der Waals surface area contributed by atoms with E-state index in [1.807, 2.05) is 0 Å². The van der Waals surface area contributed by atoms with Crippen LogP contribution in [0.4, 0.5) is 4.39 Å². The van der Waals surface area contributed by atoms with Crippen LogP contribution >= 0.6 is 11.6 Å². The molecule has 0 fully saturated rings. The Morgan fingerprint density at radius 3 is 2.73 bits per heavy atom. The standard InChI is InChI=1S/C18H15ClFN3O3/c1-10-15(18(25)26)23-7-3-4-12(16(23)21-10)17(24)22(2)9-11-5-6-14(20)13(19)8-11/h3-8H,9H2,1-2H3,(H,25,26). The summed E-state index contributed by atoms with van der Waals surface area (Å²) in [7, 11) is 1.59. The maximum Gasteiger partial charge on any atom is 0.354 e. The fourth-order valence-electron chi connectivity index (χ4n) is 2.79. The molecular weight excluding hydrogens is 361 g/mol. The number of halogens is 2. The third-order valence-corrected chi connectivity index (χ3v) is 4.30. The summed E-state index contributed by atoms with van der Waals surface area (Å²) in [6, 6.07) is 7.44. The molecule has 2 heterocycles. The first-order chi connectivity index (χ1) is 12.3. The lowest BCUT2D eigenvalue weighted by atomic mass is 10.2. The lowest BCUT2D eigenvalue weighted by Gasteiger charge is -2.18. The second-order valence-electron chi connectivity index (χ2n) is 5.88. The minimum absolute atomic E-state index is 0.0135. The SMILES string of the molecule is Cc1nc2c(C(=O)N(C)Cc3ccc(F)c(Cl)c3)cccn2c1C(=O)O. The fraction of sp³-hybridized carbons (Fsp3) is 0.167. The van der Waals surface area contributed by atoms with E-state index in [0.29, 0.717) is 11.3 Å². The van der Waals surface area contributed by atoms with Gasteiger partial charge in [-0.15, -0.1) is 0 Å². The molecule has 3 aromatic rings. The summed E-state index contributed by atoms with van der Waals surface area (Å²) in [5, 5.41) is 9.32. The Morgan fingerprint density at radius 2 is 2.08 bits per heavy atom. The third kappa shape index (κ3) is 3.13. The van der Waals surface area contributed by atoms with Gasteiger partial charge in [0.15, 0.2) is 11.3 Å². The zero-order valence-electron chi connectivity index (χ0n) is 14.0. The van der Waals surface area contributed by atoms with Gasteiger partial charge in [0.25, 0.3) is 5.91 Å². The van der Waals surface area contributed by atoms with E-state index in [-0.39, 0.29) is 34.4 Å². The summed E-state index contributed by atoms with van der Waals surface area (Å²) in [5.74, 6) is -1.98. The minimum Gasteiger partial charge on any atom is -0.477 e. The molecule has 0 saturated carbocycles. The Kier molecular flexibility index (Phi) is 4.65. The molecule has 0 bridgehead atoms. The summed E-state index contributed by atoms with van der Waals surface area (Å²) in [5.41, 5.74) is 1.56. The maximum absolute atomic E-state index is 13.3. The van der Waals surface area contributed by atoms with Crippen molar-refractivity contribution in [2.75, 3.05) is 7.05 Å². The molecule has 1 aromatic carbocycles. The summed E-state index contributed by atoms with van der Waals surface area (Å²) in [6.45, 7) is 1.79. The van der Waals surface area contributed by atoms with Crippen LogP contribution in [0, 0.1) is 12.7 Å². The number of amides is 1. The van der Waals surface area contributed by atoms with Crippen LogP contribution in [-0.4, -0.2) is 38.3 Å². The molecule has 0 radical (unpaired) electrons. The zero-order chi connectivity index (χ0) is 19.0. The first kappa shape index (κ1) is 17.9. The van der Waals surface area contributed by atoms with E-state index >= 15 is 0 Å². The second-order valence-corrected chi connectivity index (χ2v) is 6.28. The van der Waals surface area contributed by atoms with Gasteiger partial charge in [-0.2, -0.15) is 0 Å². The van der Waals surface area contributed by atoms with Crippen molar-refractivity contribution in [2.24, 2.45) is 0 Å². The van der Waals surface area contributed by atoms with Crippen molar-refractivity contribution in [3.8, 4) is 0 Å². The number of benzene rings is 1. The van der Waals surface area contributed by atoms with Gasteiger partial charge in [0.2, 0.25) is 0 Å². The van der Waals surface area contributed by atoms with Gasteiger partial charge in [0, 0.05) is 19.8 Å². The van der Waals surface area contributed by atoms with Gasteiger partial charge in [0.05, 0.1) is 16.3 Å². The van der Waals surface area contributed by atoms with E-state index < -0.39 is 11.8 Å². The Morgan fingerprint density at radius 1 is 1.35 bits per heavy atom. The molecule has 0 unspecified atom stereocenters. The lowest BCUT2D eigenvalue weighted by Crippen LogP contribution is -2.26. The number of nitrogens with zero attached hydrogens (tertiary/aromatic N) is 3. The molecule has 0 aliphatic heterocycles. The van der Waals surface area contributed by atoms with Crippen molar-refractivity contribution in [1.82, 2.24) is 14.3 Å². The lowest BCUT2D eigenvalue weighted by molar-refractivity contribution is 0.0687. The molecule has 1 amide bonds. The summed E-state index contributed by atoms with van der Waals surface area (Å²) in [4.78, 5) is 29.9. The molecular formula is C18H15ClFN3O3. The van der Waals surface area contributed by atoms with Crippen LogP contribution in [0.1, 0.15) is 32.1 Å². The number of aryl methyl sites for hydroxylation is 1. The molecule has 6 nitrogen and oxygen atoms in total. The van der Waals surface area contributed by atoms with Crippen LogP contribution in [0.15, 0.2) is 36.5 Å². The molecule has 26 heavy (non-hydrogen) atoms. The van der Waals surface area contributed by atoms with Crippen molar-refractivity contribution < 1.29 is 19.1 Å². The summed E-state index contributed by atoms with van der Waals surface area (Å²) < 4.78 is 14.7. The van der Waals surface area contributed by atoms with E-state index in [4.69, 9.17) is 11.6 Å². The quantitative estimate of drug-likeness (QED) is 0.758. The highest BCUT2D eigenvalue weighted by Crippen LogP contribution is 2.20. The molecule has 0 atom stereocenters. The van der Waals surface area contributed by atoms with Crippen LogP contribution < -0.4 is 0 Å². The molecule has 2 aromatic heterocycles. The highest BCUT2D eigenvalue weighted by molar-refractivity contribution is 6.30. The summed E-state index contributed by atoms with van der Waals surface area (Å²) >= 11 is 5.77. The normalized spacial score (nSPS) is 10.9. The predicted molar refractivity (Wildman–Crippen MR) is 94.1 cm³/mol. The Balaban J connectivity index is 1.95. The Bertz CT molecular complexity index is 1030. The largest absolute Gasteiger partial charge is 0.477 e. The number of aromatic nitrogens is 2. The van der Waals surface area contributed by atoms with Gasteiger partial charge in [-0.25, -0.2) is 14.2 Å². The van der Waals surface area contributed by atoms with Gasteiger partial charge < -0.3 is 10.0 Å². The Hall–Kier alpha value is -2.93. The van der Waals surface area contributed by atoms with Crippen LogP contribution in [0.3, 0.4) is 0 Å². The molecule has 1 N–H and O–H groups in total. The van der Waals surface area contributed by atoms with E-state index in [9.17, 15) is 19.1 Å². The number of fused-ring (bicyclic) bond motifs is 1. The highest BCUT2D eigenvalue weighted by atomic mass is 35.5. The van der Waals surface area contributed by atoms with Crippen LogP contribution in [0.5, 0.6) is 0 Å². The van der Waals surface area contributed by atoms with E-state index in [1.54, 1.807) is 38.4 Å². The predicted octanol–water partition coefficient (Wildman–Crippen LogP) is 3.41. The summed E-state index contributed by atoms with van der Waals surface area (Å²) in [6.07, 6.45) is 1.55. The zero-order valence-corrected chi connectivity index (χ0v) is 14.8. The van der Waals surface area contributed by atoms with Crippen molar-refractivity contribution in [3.63, 3.8) is 0 Å². The van der Waals surface area contributed by atoms with Crippen LogP contribution in [-0.2, 0) is 6.54 Å². The van der Waals surface area contributed by atoms with E-state index in [0.717, 1.165) is 0 Å². The first-order valence-electron chi connectivity index (χ1n) is 7.70. The van der Waals surface area contributed by atoms with Crippen molar-refractivity contribution >= 4 is 29.1 Å². The smallest absolute Gasteiger partial charge is 0.354 e. The van der Waals surface area contributed by atoms with Gasteiger partial charge in [-0.3, -0.25) is 9.20 Å². The number of rotatable bonds is 4.